The summed E-state index contributed by atoms with van der Waals surface area (Å²) in [7, 11) is 0. The number of ether oxygens (including phenoxy) is 2. The largest absolute Gasteiger partial charge is 0.454 e. The highest BCUT2D eigenvalue weighted by molar-refractivity contribution is 7.16. The van der Waals surface area contributed by atoms with E-state index in [1.807, 2.05) is 26.8 Å². The number of aromatic nitrogens is 1. The second-order valence-electron chi connectivity index (χ2n) is 7.70. The zero-order valence-electron chi connectivity index (χ0n) is 18.1. The van der Waals surface area contributed by atoms with Crippen LogP contribution in [0.3, 0.4) is 0 Å². The van der Waals surface area contributed by atoms with Gasteiger partial charge in [-0.3, -0.25) is 9.59 Å². The van der Waals surface area contributed by atoms with Crippen molar-refractivity contribution in [3.63, 3.8) is 0 Å². The highest BCUT2D eigenvalue weighted by Gasteiger charge is 2.24. The number of carbonyl (C=O) groups is 3. The summed E-state index contributed by atoms with van der Waals surface area (Å²) < 4.78 is 13.1. The first kappa shape index (κ1) is 22.2. The lowest BCUT2D eigenvalue weighted by Crippen LogP contribution is -2.19. The number of carbonyl (C=O) groups excluding carboxylic acids is 3. The van der Waals surface area contributed by atoms with E-state index in [9.17, 15) is 14.4 Å². The maximum absolute atomic E-state index is 12.8. The van der Waals surface area contributed by atoms with Crippen molar-refractivity contribution in [2.45, 2.75) is 60.1 Å². The summed E-state index contributed by atoms with van der Waals surface area (Å²) >= 11 is 1.32. The van der Waals surface area contributed by atoms with E-state index in [4.69, 9.17) is 9.47 Å². The molecular formula is C22H28N2O5S. The van der Waals surface area contributed by atoms with Gasteiger partial charge in [-0.1, -0.05) is 0 Å². The number of nitrogens with zero attached hydrogens (tertiary/aromatic N) is 1. The number of hydrogen-bond acceptors (Lipinski definition) is 6. The summed E-state index contributed by atoms with van der Waals surface area (Å²) in [5.74, 6) is -1.12. The van der Waals surface area contributed by atoms with Crippen molar-refractivity contribution in [3.05, 3.63) is 39.0 Å². The van der Waals surface area contributed by atoms with Gasteiger partial charge in [0, 0.05) is 41.9 Å². The first-order valence-corrected chi connectivity index (χ1v) is 10.9. The Bertz CT molecular complexity index is 982. The smallest absolute Gasteiger partial charge is 0.341 e. The molecule has 0 bridgehead atoms. The van der Waals surface area contributed by atoms with Crippen molar-refractivity contribution in [1.82, 2.24) is 4.57 Å². The summed E-state index contributed by atoms with van der Waals surface area (Å²) in [5, 5.41) is 3.12. The zero-order chi connectivity index (χ0) is 22.0. The minimum Gasteiger partial charge on any atom is -0.454 e. The fourth-order valence-electron chi connectivity index (χ4n) is 3.76. The van der Waals surface area contributed by atoms with Gasteiger partial charge in [0.2, 0.25) is 11.7 Å². The number of hydrogen-bond donors (Lipinski definition) is 1. The molecule has 0 saturated carbocycles. The van der Waals surface area contributed by atoms with E-state index >= 15 is 0 Å². The molecule has 0 aromatic carbocycles. The molecule has 1 atom stereocenters. The van der Waals surface area contributed by atoms with E-state index < -0.39 is 5.97 Å². The molecule has 3 rings (SSSR count). The minimum absolute atomic E-state index is 0.174. The molecule has 1 aliphatic heterocycles. The maximum atomic E-state index is 12.8. The molecule has 2 aromatic heterocycles. The Kier molecular flexibility index (Phi) is 6.77. The van der Waals surface area contributed by atoms with E-state index in [0.717, 1.165) is 47.8 Å². The Morgan fingerprint density at radius 1 is 1.27 bits per heavy atom. The van der Waals surface area contributed by atoms with Gasteiger partial charge >= 0.3 is 5.97 Å². The van der Waals surface area contributed by atoms with Gasteiger partial charge in [-0.25, -0.2) is 4.79 Å². The summed E-state index contributed by atoms with van der Waals surface area (Å²) in [6.45, 7) is 10.1. The summed E-state index contributed by atoms with van der Waals surface area (Å²) in [6, 6.07) is 1.84. The fourth-order valence-corrected chi connectivity index (χ4v) is 4.85. The van der Waals surface area contributed by atoms with Crippen LogP contribution in [0.15, 0.2) is 6.07 Å². The molecule has 0 spiro atoms. The number of rotatable bonds is 7. The third-order valence-electron chi connectivity index (χ3n) is 5.50. The predicted octanol–water partition coefficient (Wildman–Crippen LogP) is 3.96. The van der Waals surface area contributed by atoms with Gasteiger partial charge in [0.25, 0.3) is 0 Å². The molecule has 30 heavy (non-hydrogen) atoms. The molecule has 1 aliphatic rings. The van der Waals surface area contributed by atoms with Gasteiger partial charge in [0.1, 0.15) is 5.00 Å². The zero-order valence-corrected chi connectivity index (χ0v) is 18.9. The Balaban J connectivity index is 1.70. The Labute approximate surface area is 180 Å². The fraction of sp³-hybridized carbons (Fsp3) is 0.500. The number of nitrogens with one attached hydrogen (secondary N) is 1. The highest BCUT2D eigenvalue weighted by atomic mass is 32.1. The third-order valence-corrected chi connectivity index (χ3v) is 6.62. The van der Waals surface area contributed by atoms with Crippen LogP contribution in [-0.4, -0.2) is 41.5 Å². The quantitative estimate of drug-likeness (QED) is 0.529. The van der Waals surface area contributed by atoms with Gasteiger partial charge in [-0.15, -0.1) is 11.3 Å². The Morgan fingerprint density at radius 2 is 2.00 bits per heavy atom. The molecule has 2 aromatic rings. The van der Waals surface area contributed by atoms with Crippen molar-refractivity contribution in [2.24, 2.45) is 0 Å². The molecular weight excluding hydrogens is 404 g/mol. The topological polar surface area (TPSA) is 86.6 Å². The normalized spacial score (nSPS) is 16.0. The Morgan fingerprint density at radius 3 is 2.63 bits per heavy atom. The maximum Gasteiger partial charge on any atom is 0.341 e. The van der Waals surface area contributed by atoms with E-state index in [1.54, 1.807) is 6.92 Å². The standard InChI is InChI=1S/C22H28N2O5S/c1-12-9-18(14(3)24(12)10-17-7-6-8-28-17)19(26)11-29-22(27)20-13(2)15(4)30-21(20)23-16(5)25/h9,17H,6-8,10-11H2,1-5H3,(H,23,25)/t17-/m1/s1. The lowest BCUT2D eigenvalue weighted by Gasteiger charge is -2.14. The summed E-state index contributed by atoms with van der Waals surface area (Å²) in [6.07, 6.45) is 2.26. The average molecular weight is 433 g/mol. The molecule has 1 N–H and O–H groups in total. The van der Waals surface area contributed by atoms with Gasteiger partial charge < -0.3 is 19.4 Å². The van der Waals surface area contributed by atoms with Crippen LogP contribution in [0.4, 0.5) is 5.00 Å². The van der Waals surface area contributed by atoms with Crippen LogP contribution in [0.2, 0.25) is 0 Å². The SMILES string of the molecule is CC(=O)Nc1sc(C)c(C)c1C(=O)OCC(=O)c1cc(C)n(C[C@H]2CCCO2)c1C. The van der Waals surface area contributed by atoms with Gasteiger partial charge in [0.05, 0.1) is 11.7 Å². The molecule has 1 amide bonds. The Hall–Kier alpha value is -2.45. The number of ketones is 1. The monoisotopic (exact) mass is 432 g/mol. The molecule has 162 valence electrons. The molecule has 0 radical (unpaired) electrons. The molecule has 7 nitrogen and oxygen atoms in total. The van der Waals surface area contributed by atoms with Crippen molar-refractivity contribution in [2.75, 3.05) is 18.5 Å². The first-order valence-electron chi connectivity index (χ1n) is 10.0. The highest BCUT2D eigenvalue weighted by Crippen LogP contribution is 2.33. The van der Waals surface area contributed by atoms with Gasteiger partial charge in [-0.05, 0) is 52.2 Å². The molecule has 8 heteroatoms. The van der Waals surface area contributed by atoms with E-state index in [1.165, 1.54) is 18.3 Å². The average Bonchev–Trinajstić information content (AvgIpc) is 3.35. The molecule has 0 aliphatic carbocycles. The van der Waals surface area contributed by atoms with Crippen LogP contribution in [0.5, 0.6) is 0 Å². The van der Waals surface area contributed by atoms with Crippen LogP contribution in [0.25, 0.3) is 0 Å². The van der Waals surface area contributed by atoms with E-state index in [0.29, 0.717) is 16.1 Å². The van der Waals surface area contributed by atoms with Crippen molar-refractivity contribution in [1.29, 1.82) is 0 Å². The lowest BCUT2D eigenvalue weighted by molar-refractivity contribution is -0.114. The first-order chi connectivity index (χ1) is 14.2. The second kappa shape index (κ2) is 9.14. The van der Waals surface area contributed by atoms with Gasteiger partial charge in [0.15, 0.2) is 6.61 Å². The van der Waals surface area contributed by atoms with Crippen LogP contribution < -0.4 is 5.32 Å². The molecule has 3 heterocycles. The van der Waals surface area contributed by atoms with Crippen LogP contribution in [0.1, 0.15) is 62.3 Å². The van der Waals surface area contributed by atoms with E-state index in [-0.39, 0.29) is 24.4 Å². The molecule has 1 saturated heterocycles. The number of Topliss-reactive ketones (excluding diaryl/α,β-unsaturated/α-hetero) is 1. The number of thiophene rings is 1. The summed E-state index contributed by atoms with van der Waals surface area (Å²) in [4.78, 5) is 37.8. The lowest BCUT2D eigenvalue weighted by atomic mass is 10.1. The molecule has 1 fully saturated rings. The van der Waals surface area contributed by atoms with Crippen LogP contribution >= 0.6 is 11.3 Å². The van der Waals surface area contributed by atoms with Crippen molar-refractivity contribution < 1.29 is 23.9 Å². The van der Waals surface area contributed by atoms with Crippen LogP contribution in [0, 0.1) is 27.7 Å². The number of amides is 1. The van der Waals surface area contributed by atoms with Crippen LogP contribution in [-0.2, 0) is 20.8 Å². The minimum atomic E-state index is -0.609. The van der Waals surface area contributed by atoms with Gasteiger partial charge in [-0.2, -0.15) is 0 Å². The number of esters is 1. The number of aryl methyl sites for hydroxylation is 2. The molecule has 0 unspecified atom stereocenters. The second-order valence-corrected chi connectivity index (χ2v) is 8.92. The van der Waals surface area contributed by atoms with Crippen molar-refractivity contribution >= 4 is 34.0 Å². The van der Waals surface area contributed by atoms with E-state index in [2.05, 4.69) is 9.88 Å². The van der Waals surface area contributed by atoms with Crippen molar-refractivity contribution in [3.8, 4) is 0 Å². The summed E-state index contributed by atoms with van der Waals surface area (Å²) in [5.41, 5.74) is 3.44. The number of anilines is 1. The third kappa shape index (κ3) is 4.65. The predicted molar refractivity (Wildman–Crippen MR) is 116 cm³/mol.